The normalized spacial score (nSPS) is 12.2. The number of carbonyl (C=O) groups excluding carboxylic acids is 1. The Morgan fingerprint density at radius 1 is 1.25 bits per heavy atom. The monoisotopic (exact) mass is 384 g/mol. The Morgan fingerprint density at radius 3 is 2.50 bits per heavy atom. The molecule has 1 amide bonds. The van der Waals surface area contributed by atoms with Crippen molar-refractivity contribution in [3.8, 4) is 0 Å². The van der Waals surface area contributed by atoms with Crippen LogP contribution < -0.4 is 0 Å². The minimum Gasteiger partial charge on any atom is -0.336 e. The van der Waals surface area contributed by atoms with Gasteiger partial charge < -0.3 is 4.90 Å². The molecule has 0 aliphatic rings. The van der Waals surface area contributed by atoms with E-state index in [0.29, 0.717) is 6.54 Å². The van der Waals surface area contributed by atoms with Crippen LogP contribution in [0.1, 0.15) is 52.4 Å². The summed E-state index contributed by atoms with van der Waals surface area (Å²) in [6, 6.07) is 6.20. The van der Waals surface area contributed by atoms with Crippen molar-refractivity contribution in [3.63, 3.8) is 0 Å². The Balaban J connectivity index is 1.78. The summed E-state index contributed by atoms with van der Waals surface area (Å²) in [6.45, 7) is 6.38. The summed E-state index contributed by atoms with van der Waals surface area (Å²) in [5.74, 6) is -0.487. The van der Waals surface area contributed by atoms with Gasteiger partial charge in [0.15, 0.2) is 5.69 Å². The van der Waals surface area contributed by atoms with E-state index >= 15 is 0 Å². The van der Waals surface area contributed by atoms with Crippen LogP contribution in [0.15, 0.2) is 30.5 Å². The van der Waals surface area contributed by atoms with Gasteiger partial charge in [-0.2, -0.15) is 5.10 Å². The Labute approximate surface area is 163 Å². The van der Waals surface area contributed by atoms with Gasteiger partial charge in [0.05, 0.1) is 17.9 Å². The molecule has 0 radical (unpaired) electrons. The van der Waals surface area contributed by atoms with Crippen molar-refractivity contribution in [1.29, 1.82) is 0 Å². The second-order valence-corrected chi connectivity index (χ2v) is 6.99. The highest BCUT2D eigenvalue weighted by Crippen LogP contribution is 2.22. The van der Waals surface area contributed by atoms with Crippen LogP contribution in [0.4, 0.5) is 4.39 Å². The van der Waals surface area contributed by atoms with Crippen LogP contribution >= 0.6 is 0 Å². The van der Waals surface area contributed by atoms with Crippen LogP contribution in [0.2, 0.25) is 0 Å². The molecular formula is C20H25FN6O. The first-order valence-electron chi connectivity index (χ1n) is 9.23. The van der Waals surface area contributed by atoms with Crippen molar-refractivity contribution in [2.45, 2.75) is 39.8 Å². The summed E-state index contributed by atoms with van der Waals surface area (Å²) >= 11 is 0. The van der Waals surface area contributed by atoms with Crippen LogP contribution in [-0.2, 0) is 13.6 Å². The maximum absolute atomic E-state index is 13.2. The van der Waals surface area contributed by atoms with E-state index in [2.05, 4.69) is 15.4 Å². The molecule has 1 unspecified atom stereocenters. The van der Waals surface area contributed by atoms with Gasteiger partial charge in [-0.25, -0.2) is 9.07 Å². The Hall–Kier alpha value is -3.03. The number of carbonyl (C=O) groups is 1. The highest BCUT2D eigenvalue weighted by atomic mass is 19.1. The van der Waals surface area contributed by atoms with Crippen molar-refractivity contribution in [2.75, 3.05) is 7.05 Å². The van der Waals surface area contributed by atoms with E-state index in [0.717, 1.165) is 28.9 Å². The molecule has 3 rings (SSSR count). The van der Waals surface area contributed by atoms with Gasteiger partial charge >= 0.3 is 0 Å². The molecule has 2 heterocycles. The van der Waals surface area contributed by atoms with Crippen molar-refractivity contribution < 1.29 is 9.18 Å². The third kappa shape index (κ3) is 3.81. The van der Waals surface area contributed by atoms with Gasteiger partial charge in [0.1, 0.15) is 5.82 Å². The Morgan fingerprint density at radius 2 is 1.93 bits per heavy atom. The third-order valence-corrected chi connectivity index (χ3v) is 5.09. The molecule has 8 heteroatoms. The van der Waals surface area contributed by atoms with E-state index < -0.39 is 0 Å². The molecule has 28 heavy (non-hydrogen) atoms. The number of benzene rings is 1. The van der Waals surface area contributed by atoms with Gasteiger partial charge in [0, 0.05) is 31.9 Å². The molecule has 0 saturated carbocycles. The maximum atomic E-state index is 13.2. The molecule has 1 atom stereocenters. The zero-order valence-electron chi connectivity index (χ0n) is 16.8. The van der Waals surface area contributed by atoms with Crippen molar-refractivity contribution in [1.82, 2.24) is 29.7 Å². The number of halogens is 1. The largest absolute Gasteiger partial charge is 0.336 e. The van der Waals surface area contributed by atoms with Crippen molar-refractivity contribution in [2.24, 2.45) is 7.05 Å². The molecule has 1 aromatic carbocycles. The molecule has 0 N–H and O–H groups in total. The zero-order chi connectivity index (χ0) is 20.4. The van der Waals surface area contributed by atoms with Crippen molar-refractivity contribution >= 4 is 5.91 Å². The Bertz CT molecular complexity index is 975. The fourth-order valence-corrected chi connectivity index (χ4v) is 3.34. The predicted octanol–water partition coefficient (Wildman–Crippen LogP) is 3.04. The smallest absolute Gasteiger partial charge is 0.276 e. The maximum Gasteiger partial charge on any atom is 0.276 e. The summed E-state index contributed by atoms with van der Waals surface area (Å²) in [6.07, 6.45) is 2.39. The fraction of sp³-hybridized carbons (Fsp3) is 0.400. The zero-order valence-corrected chi connectivity index (χ0v) is 16.8. The van der Waals surface area contributed by atoms with E-state index in [1.54, 1.807) is 35.0 Å². The summed E-state index contributed by atoms with van der Waals surface area (Å²) in [5.41, 5.74) is 4.17. The lowest BCUT2D eigenvalue weighted by atomic mass is 10.0. The number of aryl methyl sites for hydroxylation is 2. The van der Waals surface area contributed by atoms with Crippen LogP contribution in [0.5, 0.6) is 0 Å². The molecule has 0 fully saturated rings. The lowest BCUT2D eigenvalue weighted by Crippen LogP contribution is -2.27. The van der Waals surface area contributed by atoms with Gasteiger partial charge in [-0.15, -0.1) is 5.10 Å². The second kappa shape index (κ2) is 7.92. The highest BCUT2D eigenvalue weighted by molar-refractivity contribution is 5.91. The standard InChI is InChI=1S/C20H25FN6O/c1-6-19(15-7-9-16(21)10-8-15)27-12-18(22-24-27)20(28)25(4)11-17-13(2)23-26(5)14(17)3/h7-10,12,19H,6,11H2,1-5H3. The lowest BCUT2D eigenvalue weighted by Gasteiger charge is -2.16. The SMILES string of the molecule is CCC(c1ccc(F)cc1)n1cc(C(=O)N(C)Cc2c(C)nn(C)c2C)nn1. The summed E-state index contributed by atoms with van der Waals surface area (Å²) < 4.78 is 16.7. The fourth-order valence-electron chi connectivity index (χ4n) is 3.34. The number of hydrogen-bond acceptors (Lipinski definition) is 4. The highest BCUT2D eigenvalue weighted by Gasteiger charge is 2.21. The van der Waals surface area contributed by atoms with E-state index in [1.807, 2.05) is 32.5 Å². The number of nitrogens with zero attached hydrogens (tertiary/aromatic N) is 6. The third-order valence-electron chi connectivity index (χ3n) is 5.09. The first kappa shape index (κ1) is 19.7. The van der Waals surface area contributed by atoms with Crippen molar-refractivity contribution in [3.05, 3.63) is 64.5 Å². The van der Waals surface area contributed by atoms with Crippen LogP contribution in [-0.4, -0.2) is 42.6 Å². The second-order valence-electron chi connectivity index (χ2n) is 6.99. The molecule has 0 aliphatic heterocycles. The van der Waals surface area contributed by atoms with Crippen LogP contribution in [0, 0.1) is 19.7 Å². The van der Waals surface area contributed by atoms with Gasteiger partial charge in [0.2, 0.25) is 0 Å². The topological polar surface area (TPSA) is 68.8 Å². The lowest BCUT2D eigenvalue weighted by molar-refractivity contribution is 0.0778. The summed E-state index contributed by atoms with van der Waals surface area (Å²) in [4.78, 5) is 14.4. The minimum atomic E-state index is -0.282. The minimum absolute atomic E-state index is 0.109. The van der Waals surface area contributed by atoms with E-state index in [-0.39, 0.29) is 23.5 Å². The first-order chi connectivity index (χ1) is 13.3. The van der Waals surface area contributed by atoms with E-state index in [9.17, 15) is 9.18 Å². The van der Waals surface area contributed by atoms with E-state index in [4.69, 9.17) is 0 Å². The number of amides is 1. The molecule has 0 bridgehead atoms. The molecule has 148 valence electrons. The molecule has 0 saturated heterocycles. The van der Waals surface area contributed by atoms with Crippen LogP contribution in [0.25, 0.3) is 0 Å². The van der Waals surface area contributed by atoms with Gasteiger partial charge in [-0.05, 0) is 38.0 Å². The number of hydrogen-bond donors (Lipinski definition) is 0. The molecular weight excluding hydrogens is 359 g/mol. The first-order valence-corrected chi connectivity index (χ1v) is 9.23. The Kier molecular flexibility index (Phi) is 5.58. The molecule has 2 aromatic heterocycles. The number of rotatable bonds is 6. The molecule has 0 aliphatic carbocycles. The quantitative estimate of drug-likeness (QED) is 0.655. The average molecular weight is 384 g/mol. The van der Waals surface area contributed by atoms with Gasteiger partial charge in [0.25, 0.3) is 5.91 Å². The van der Waals surface area contributed by atoms with Crippen LogP contribution in [0.3, 0.4) is 0 Å². The average Bonchev–Trinajstić information content (AvgIpc) is 3.24. The summed E-state index contributed by atoms with van der Waals surface area (Å²) in [5, 5.41) is 12.6. The van der Waals surface area contributed by atoms with E-state index in [1.165, 1.54) is 12.1 Å². The van der Waals surface area contributed by atoms with Gasteiger partial charge in [-0.3, -0.25) is 9.48 Å². The number of aromatic nitrogens is 5. The van der Waals surface area contributed by atoms with Gasteiger partial charge in [-0.1, -0.05) is 24.3 Å². The molecule has 7 nitrogen and oxygen atoms in total. The predicted molar refractivity (Wildman–Crippen MR) is 103 cm³/mol. The molecule has 3 aromatic rings. The molecule has 0 spiro atoms. The summed E-state index contributed by atoms with van der Waals surface area (Å²) in [7, 11) is 3.63.